The minimum atomic E-state index is -3.61. The second-order valence-electron chi connectivity index (χ2n) is 1.34. The van der Waals surface area contributed by atoms with Gasteiger partial charge in [-0.1, -0.05) is 6.92 Å². The van der Waals surface area contributed by atoms with E-state index in [1.54, 1.807) is 6.92 Å². The van der Waals surface area contributed by atoms with Crippen molar-refractivity contribution in [1.29, 1.82) is 0 Å². The first-order chi connectivity index (χ1) is 3.62. The molecule has 0 aromatic heterocycles. The van der Waals surface area contributed by atoms with E-state index in [0.717, 1.165) is 0 Å². The Labute approximate surface area is 76.6 Å². The van der Waals surface area contributed by atoms with Gasteiger partial charge in [0.05, 0.1) is 5.75 Å². The van der Waals surface area contributed by atoms with Crippen LogP contribution in [0.2, 0.25) is 0 Å². The summed E-state index contributed by atoms with van der Waals surface area (Å²) in [6.07, 6.45) is 0.447. The van der Waals surface area contributed by atoms with Crippen LogP contribution in [0.5, 0.6) is 0 Å². The zero-order chi connectivity index (χ0) is 6.62. The van der Waals surface area contributed by atoms with Crippen molar-refractivity contribution in [1.82, 2.24) is 0 Å². The van der Waals surface area contributed by atoms with E-state index >= 15 is 0 Å². The fraction of sp³-hybridized carbons (Fsp3) is 1.00. The summed E-state index contributed by atoms with van der Waals surface area (Å²) in [5.74, 6) is -0.135. The Bertz CT molecular complexity index is 140. The van der Waals surface area contributed by atoms with Gasteiger partial charge in [0.25, 0.3) is 10.1 Å². The largest absolute Gasteiger partial charge is 0.293 e. The van der Waals surface area contributed by atoms with Crippen LogP contribution < -0.4 is 0 Å². The molecule has 0 saturated heterocycles. The molecule has 0 aliphatic heterocycles. The molecule has 0 heterocycles. The Morgan fingerprint density at radius 2 is 2.00 bits per heavy atom. The van der Waals surface area contributed by atoms with Crippen molar-refractivity contribution in [2.75, 3.05) is 5.75 Å². The summed E-state index contributed by atoms with van der Waals surface area (Å²) in [6.45, 7) is 1.68. The molecule has 4 nitrogen and oxygen atoms in total. The molecular formula is C3H8NaO4S. The van der Waals surface area contributed by atoms with E-state index in [1.165, 1.54) is 0 Å². The zero-order valence-electron chi connectivity index (χ0n) is 5.49. The molecule has 9 heavy (non-hydrogen) atoms. The van der Waals surface area contributed by atoms with Gasteiger partial charge in [-0.15, -0.1) is 4.33 Å². The van der Waals surface area contributed by atoms with Gasteiger partial charge in [-0.2, -0.15) is 8.42 Å². The van der Waals surface area contributed by atoms with Crippen LogP contribution >= 0.6 is 0 Å². The number of hydrogen-bond donors (Lipinski definition) is 1. The normalized spacial score (nSPS) is 10.4. The van der Waals surface area contributed by atoms with Gasteiger partial charge in [0.15, 0.2) is 0 Å². The third kappa shape index (κ3) is 6.76. The van der Waals surface area contributed by atoms with Crippen LogP contribution in [0.25, 0.3) is 0 Å². The van der Waals surface area contributed by atoms with Crippen LogP contribution in [0.3, 0.4) is 0 Å². The minimum Gasteiger partial charge on any atom is -0.235 e. The second-order valence-corrected chi connectivity index (χ2v) is 3.01. The van der Waals surface area contributed by atoms with Gasteiger partial charge < -0.3 is 0 Å². The fourth-order valence-electron chi connectivity index (χ4n) is 0.287. The first-order valence-electron chi connectivity index (χ1n) is 2.18. The Hall–Kier alpha value is 0.870. The van der Waals surface area contributed by atoms with Crippen molar-refractivity contribution < 1.29 is 18.0 Å². The first kappa shape index (κ1) is 12.5. The van der Waals surface area contributed by atoms with Crippen molar-refractivity contribution in [3.05, 3.63) is 0 Å². The fourth-order valence-corrected chi connectivity index (χ4v) is 0.862. The topological polar surface area (TPSA) is 63.6 Å². The van der Waals surface area contributed by atoms with Crippen LogP contribution in [0.15, 0.2) is 0 Å². The minimum absolute atomic E-state index is 0. The molecule has 6 heteroatoms. The Kier molecular flexibility index (Phi) is 7.86. The van der Waals surface area contributed by atoms with Crippen molar-refractivity contribution >= 4 is 39.7 Å². The third-order valence-corrected chi connectivity index (χ3v) is 1.70. The van der Waals surface area contributed by atoms with Gasteiger partial charge in [-0.05, 0) is 6.42 Å². The number of rotatable bonds is 3. The molecule has 0 saturated carbocycles. The van der Waals surface area contributed by atoms with E-state index < -0.39 is 10.1 Å². The SMILES string of the molecule is CCCS(=O)(=O)OO.[Na]. The van der Waals surface area contributed by atoms with Crippen molar-refractivity contribution in [2.45, 2.75) is 13.3 Å². The molecule has 0 fully saturated rings. The molecule has 1 radical (unpaired) electrons. The van der Waals surface area contributed by atoms with Crippen molar-refractivity contribution in [3.63, 3.8) is 0 Å². The molecule has 0 aromatic rings. The standard InChI is InChI=1S/C3H8O4S.Na/c1-2-3-8(5,6)7-4;/h4H,2-3H2,1H3;. The molecule has 0 aromatic carbocycles. The maximum Gasteiger partial charge on any atom is 0.293 e. The summed E-state index contributed by atoms with van der Waals surface area (Å²) >= 11 is 0. The summed E-state index contributed by atoms with van der Waals surface area (Å²) in [4.78, 5) is 0. The van der Waals surface area contributed by atoms with Gasteiger partial charge in [-0.3, -0.25) is 0 Å². The molecule has 0 aliphatic rings. The predicted octanol–water partition coefficient (Wildman–Crippen LogP) is -0.165. The van der Waals surface area contributed by atoms with Crippen LogP contribution in [-0.2, 0) is 14.5 Å². The summed E-state index contributed by atoms with van der Waals surface area (Å²) in [7, 11) is -3.61. The Balaban J connectivity index is 0. The van der Waals surface area contributed by atoms with Crippen LogP contribution in [-0.4, -0.2) is 49.0 Å². The molecular weight excluding hydrogens is 155 g/mol. The van der Waals surface area contributed by atoms with E-state index in [1.807, 2.05) is 0 Å². The monoisotopic (exact) mass is 163 g/mol. The Morgan fingerprint density at radius 1 is 1.56 bits per heavy atom. The maximum absolute atomic E-state index is 10.1. The second kappa shape index (κ2) is 5.64. The van der Waals surface area contributed by atoms with E-state index in [4.69, 9.17) is 5.26 Å². The van der Waals surface area contributed by atoms with Gasteiger partial charge in [0.2, 0.25) is 0 Å². The van der Waals surface area contributed by atoms with Gasteiger partial charge >= 0.3 is 0 Å². The van der Waals surface area contributed by atoms with E-state index in [0.29, 0.717) is 6.42 Å². The molecule has 1 N–H and O–H groups in total. The van der Waals surface area contributed by atoms with E-state index in [2.05, 4.69) is 4.33 Å². The van der Waals surface area contributed by atoms with Crippen molar-refractivity contribution in [3.8, 4) is 0 Å². The van der Waals surface area contributed by atoms with Crippen LogP contribution in [0.1, 0.15) is 13.3 Å². The quantitative estimate of drug-likeness (QED) is 0.356. The smallest absolute Gasteiger partial charge is 0.235 e. The summed E-state index contributed by atoms with van der Waals surface area (Å²) < 4.78 is 23.4. The predicted molar refractivity (Wildman–Crippen MR) is 33.5 cm³/mol. The molecule has 0 atom stereocenters. The van der Waals surface area contributed by atoms with E-state index in [9.17, 15) is 8.42 Å². The summed E-state index contributed by atoms with van der Waals surface area (Å²) in [5, 5.41) is 7.64. The molecule has 0 amide bonds. The molecule has 0 aliphatic carbocycles. The van der Waals surface area contributed by atoms with Gasteiger partial charge in [0.1, 0.15) is 0 Å². The molecule has 0 rings (SSSR count). The zero-order valence-corrected chi connectivity index (χ0v) is 8.31. The first-order valence-corrected chi connectivity index (χ1v) is 3.76. The summed E-state index contributed by atoms with van der Waals surface area (Å²) in [5.41, 5.74) is 0. The Morgan fingerprint density at radius 3 is 2.11 bits per heavy atom. The van der Waals surface area contributed by atoms with Gasteiger partial charge in [-0.25, -0.2) is 5.26 Å². The third-order valence-electron chi connectivity index (χ3n) is 0.568. The van der Waals surface area contributed by atoms with Gasteiger partial charge in [0, 0.05) is 29.6 Å². The number of hydrogen-bond acceptors (Lipinski definition) is 4. The van der Waals surface area contributed by atoms with Crippen molar-refractivity contribution in [2.24, 2.45) is 0 Å². The average molecular weight is 163 g/mol. The molecule has 0 spiro atoms. The maximum atomic E-state index is 10.1. The average Bonchev–Trinajstić information content (AvgIpc) is 1.67. The van der Waals surface area contributed by atoms with Crippen LogP contribution in [0, 0.1) is 0 Å². The van der Waals surface area contributed by atoms with Crippen LogP contribution in [0.4, 0.5) is 0 Å². The van der Waals surface area contributed by atoms with E-state index in [-0.39, 0.29) is 35.3 Å². The molecule has 0 bridgehead atoms. The molecule has 0 unspecified atom stereocenters. The summed E-state index contributed by atoms with van der Waals surface area (Å²) in [6, 6.07) is 0. The molecule has 51 valence electrons.